The lowest BCUT2D eigenvalue weighted by Crippen LogP contribution is -2.55. The van der Waals surface area contributed by atoms with Crippen molar-refractivity contribution in [2.24, 2.45) is 11.8 Å². The first-order valence-corrected chi connectivity index (χ1v) is 6.65. The number of likely N-dealkylation sites (tertiary alicyclic amines) is 1. The molecule has 16 heavy (non-hydrogen) atoms. The predicted molar refractivity (Wildman–Crippen MR) is 65.3 cm³/mol. The number of hydrogen-bond acceptors (Lipinski definition) is 1. The number of hydrogen-bond donors (Lipinski definition) is 1. The number of nitrogens with one attached hydrogen (secondary N) is 1. The van der Waals surface area contributed by atoms with Crippen molar-refractivity contribution in [3.63, 3.8) is 0 Å². The number of amides is 2. The minimum atomic E-state index is 0.163. The van der Waals surface area contributed by atoms with Gasteiger partial charge in [0.05, 0.1) is 0 Å². The van der Waals surface area contributed by atoms with Gasteiger partial charge in [-0.1, -0.05) is 13.8 Å². The Hall–Kier alpha value is -0.730. The van der Waals surface area contributed by atoms with Gasteiger partial charge in [-0.15, -0.1) is 0 Å². The van der Waals surface area contributed by atoms with Crippen molar-refractivity contribution in [2.45, 2.75) is 58.5 Å². The highest BCUT2D eigenvalue weighted by molar-refractivity contribution is 5.75. The van der Waals surface area contributed by atoms with Gasteiger partial charge in [0.1, 0.15) is 0 Å². The third kappa shape index (κ3) is 2.33. The quantitative estimate of drug-likeness (QED) is 0.729. The predicted octanol–water partition coefficient (Wildman–Crippen LogP) is 2.61. The summed E-state index contributed by atoms with van der Waals surface area (Å²) in [4.78, 5) is 14.2. The molecular weight excluding hydrogens is 200 g/mol. The van der Waals surface area contributed by atoms with Crippen LogP contribution in [0.2, 0.25) is 0 Å². The molecule has 3 unspecified atom stereocenters. The largest absolute Gasteiger partial charge is 0.335 e. The van der Waals surface area contributed by atoms with Crippen LogP contribution in [-0.4, -0.2) is 29.6 Å². The highest BCUT2D eigenvalue weighted by atomic mass is 16.2. The van der Waals surface area contributed by atoms with Crippen molar-refractivity contribution in [3.05, 3.63) is 0 Å². The van der Waals surface area contributed by atoms with Gasteiger partial charge in [0.25, 0.3) is 0 Å². The van der Waals surface area contributed by atoms with Gasteiger partial charge in [-0.2, -0.15) is 0 Å². The van der Waals surface area contributed by atoms with Crippen LogP contribution >= 0.6 is 0 Å². The third-order valence-corrected chi connectivity index (χ3v) is 4.29. The van der Waals surface area contributed by atoms with Gasteiger partial charge in [0.2, 0.25) is 0 Å². The van der Waals surface area contributed by atoms with Crippen LogP contribution in [0.15, 0.2) is 0 Å². The molecule has 0 aromatic heterocycles. The Labute approximate surface area is 98.6 Å². The molecule has 0 bridgehead atoms. The molecule has 0 radical (unpaired) electrons. The second-order valence-corrected chi connectivity index (χ2v) is 5.79. The minimum absolute atomic E-state index is 0.163. The van der Waals surface area contributed by atoms with E-state index in [1.807, 2.05) is 4.90 Å². The van der Waals surface area contributed by atoms with Gasteiger partial charge < -0.3 is 10.2 Å². The van der Waals surface area contributed by atoms with Crippen LogP contribution in [0.1, 0.15) is 46.5 Å². The molecule has 3 nitrogen and oxygen atoms in total. The maximum absolute atomic E-state index is 12.1. The fourth-order valence-electron chi connectivity index (χ4n) is 2.79. The first kappa shape index (κ1) is 11.7. The van der Waals surface area contributed by atoms with E-state index in [0.29, 0.717) is 23.9 Å². The molecule has 92 valence electrons. The lowest BCUT2D eigenvalue weighted by atomic mass is 9.86. The molecule has 3 heteroatoms. The van der Waals surface area contributed by atoms with E-state index in [-0.39, 0.29) is 6.03 Å². The monoisotopic (exact) mass is 224 g/mol. The summed E-state index contributed by atoms with van der Waals surface area (Å²) in [6.07, 6.45) is 4.85. The summed E-state index contributed by atoms with van der Waals surface area (Å²) in [6.45, 7) is 7.59. The number of carbonyl (C=O) groups is 1. The summed E-state index contributed by atoms with van der Waals surface area (Å²) in [5.74, 6) is 1.26. The Kier molecular flexibility index (Phi) is 3.41. The summed E-state index contributed by atoms with van der Waals surface area (Å²) in [6, 6.07) is 0.999. The summed E-state index contributed by atoms with van der Waals surface area (Å²) in [7, 11) is 0. The van der Waals surface area contributed by atoms with E-state index in [2.05, 4.69) is 26.1 Å². The molecule has 1 aliphatic carbocycles. The molecule has 0 aromatic rings. The molecule has 0 aromatic carbocycles. The van der Waals surface area contributed by atoms with Gasteiger partial charge in [0, 0.05) is 18.6 Å². The Morgan fingerprint density at radius 2 is 1.94 bits per heavy atom. The van der Waals surface area contributed by atoms with E-state index in [9.17, 15) is 4.79 Å². The van der Waals surface area contributed by atoms with Gasteiger partial charge in [-0.25, -0.2) is 4.79 Å². The van der Waals surface area contributed by atoms with Crippen LogP contribution in [0.3, 0.4) is 0 Å². The number of piperidine rings is 1. The van der Waals surface area contributed by atoms with E-state index >= 15 is 0 Å². The van der Waals surface area contributed by atoms with E-state index in [1.54, 1.807) is 0 Å². The average Bonchev–Trinajstić information content (AvgIpc) is 2.17. The van der Waals surface area contributed by atoms with Crippen LogP contribution < -0.4 is 5.32 Å². The van der Waals surface area contributed by atoms with Gasteiger partial charge in [0.15, 0.2) is 0 Å². The summed E-state index contributed by atoms with van der Waals surface area (Å²) in [5, 5.41) is 3.14. The minimum Gasteiger partial charge on any atom is -0.335 e. The standard InChI is InChI=1S/C13H24N2O/c1-9-7-10(2)11(3)15(8-9)13(16)14-12-5-4-6-12/h9-12H,4-8H2,1-3H3,(H,14,16). The molecule has 1 heterocycles. The van der Waals surface area contributed by atoms with E-state index in [1.165, 1.54) is 25.7 Å². The molecule has 1 N–H and O–H groups in total. The molecule has 1 saturated carbocycles. The smallest absolute Gasteiger partial charge is 0.317 e. The highest BCUT2D eigenvalue weighted by Crippen LogP contribution is 2.27. The summed E-state index contributed by atoms with van der Waals surface area (Å²) in [5.41, 5.74) is 0. The second kappa shape index (κ2) is 4.64. The fourth-order valence-corrected chi connectivity index (χ4v) is 2.79. The topological polar surface area (TPSA) is 32.3 Å². The zero-order chi connectivity index (χ0) is 11.7. The SMILES string of the molecule is CC1CC(C)C(C)N(C(=O)NC2CCC2)C1. The Morgan fingerprint density at radius 1 is 1.25 bits per heavy atom. The maximum Gasteiger partial charge on any atom is 0.317 e. The first-order chi connectivity index (χ1) is 7.58. The molecule has 2 fully saturated rings. The molecule has 2 amide bonds. The average molecular weight is 224 g/mol. The number of urea groups is 1. The second-order valence-electron chi connectivity index (χ2n) is 5.79. The van der Waals surface area contributed by atoms with Gasteiger partial charge in [-0.05, 0) is 44.4 Å². The van der Waals surface area contributed by atoms with Crippen LogP contribution in [0.25, 0.3) is 0 Å². The zero-order valence-electron chi connectivity index (χ0n) is 10.7. The van der Waals surface area contributed by atoms with Gasteiger partial charge >= 0.3 is 6.03 Å². The summed E-state index contributed by atoms with van der Waals surface area (Å²) >= 11 is 0. The third-order valence-electron chi connectivity index (χ3n) is 4.29. The van der Waals surface area contributed by atoms with Crippen molar-refractivity contribution < 1.29 is 4.79 Å². The molecule has 2 rings (SSSR count). The maximum atomic E-state index is 12.1. The summed E-state index contributed by atoms with van der Waals surface area (Å²) < 4.78 is 0. The molecule has 0 spiro atoms. The number of nitrogens with zero attached hydrogens (tertiary/aromatic N) is 1. The van der Waals surface area contributed by atoms with E-state index in [0.717, 1.165) is 6.54 Å². The van der Waals surface area contributed by atoms with Crippen molar-refractivity contribution >= 4 is 6.03 Å². The Bertz CT molecular complexity index is 263. The number of rotatable bonds is 1. The zero-order valence-corrected chi connectivity index (χ0v) is 10.7. The molecule has 3 atom stereocenters. The van der Waals surface area contributed by atoms with E-state index in [4.69, 9.17) is 0 Å². The van der Waals surface area contributed by atoms with E-state index < -0.39 is 0 Å². The van der Waals surface area contributed by atoms with Crippen LogP contribution in [0.4, 0.5) is 4.79 Å². The lowest BCUT2D eigenvalue weighted by molar-refractivity contribution is 0.0972. The number of carbonyl (C=O) groups excluding carboxylic acids is 1. The molecule has 1 aliphatic heterocycles. The van der Waals surface area contributed by atoms with Crippen molar-refractivity contribution in [2.75, 3.05) is 6.54 Å². The van der Waals surface area contributed by atoms with Crippen LogP contribution in [-0.2, 0) is 0 Å². The normalized spacial score (nSPS) is 35.7. The van der Waals surface area contributed by atoms with Crippen LogP contribution in [0, 0.1) is 11.8 Å². The lowest BCUT2D eigenvalue weighted by Gasteiger charge is -2.42. The molecular formula is C13H24N2O. The first-order valence-electron chi connectivity index (χ1n) is 6.65. The van der Waals surface area contributed by atoms with Crippen molar-refractivity contribution in [3.8, 4) is 0 Å². The molecule has 2 aliphatic rings. The Balaban J connectivity index is 1.92. The van der Waals surface area contributed by atoms with Crippen LogP contribution in [0.5, 0.6) is 0 Å². The fraction of sp³-hybridized carbons (Fsp3) is 0.923. The molecule has 1 saturated heterocycles. The van der Waals surface area contributed by atoms with Gasteiger partial charge in [-0.3, -0.25) is 0 Å². The Morgan fingerprint density at radius 3 is 2.50 bits per heavy atom. The van der Waals surface area contributed by atoms with Crippen molar-refractivity contribution in [1.82, 2.24) is 10.2 Å². The van der Waals surface area contributed by atoms with Crippen molar-refractivity contribution in [1.29, 1.82) is 0 Å². The highest BCUT2D eigenvalue weighted by Gasteiger charge is 2.33.